The van der Waals surface area contributed by atoms with Crippen LogP contribution in [0.3, 0.4) is 0 Å². The molecule has 4 aromatic heterocycles. The number of pyridine rings is 1. The second kappa shape index (κ2) is 20.4. The van der Waals surface area contributed by atoms with Crippen molar-refractivity contribution in [2.24, 2.45) is 5.92 Å². The molecule has 4 heterocycles. The van der Waals surface area contributed by atoms with Crippen LogP contribution in [0.4, 0.5) is 0 Å². The molecule has 80 heavy (non-hydrogen) atoms. The van der Waals surface area contributed by atoms with Crippen molar-refractivity contribution in [3.05, 3.63) is 242 Å². The number of hydrogen-bond acceptors (Lipinski definition) is 2. The van der Waals surface area contributed by atoms with Crippen molar-refractivity contribution in [1.29, 1.82) is 0 Å². The molecule has 13 aromatic rings. The number of aromatic nitrogens is 5. The predicted octanol–water partition coefficient (Wildman–Crippen LogP) is 18.4. The Morgan fingerprint density at radius 2 is 1.09 bits per heavy atom. The predicted molar refractivity (Wildman–Crippen MR) is 326 cm³/mol. The smallest absolute Gasteiger partial charge is 0.268 e. The van der Waals surface area contributed by atoms with E-state index in [4.69, 9.17) is 9.72 Å². The van der Waals surface area contributed by atoms with Gasteiger partial charge in [0, 0.05) is 55.1 Å². The Kier molecular flexibility index (Phi) is 13.4. The van der Waals surface area contributed by atoms with Gasteiger partial charge in [-0.1, -0.05) is 219 Å². The van der Waals surface area contributed by atoms with Crippen molar-refractivity contribution in [2.45, 2.75) is 79.1 Å². The maximum atomic E-state index is 7.13. The maximum absolute atomic E-state index is 7.13. The molecule has 0 aliphatic carbocycles. The number of benzene rings is 9. The fourth-order valence-corrected chi connectivity index (χ4v) is 11.5. The third kappa shape index (κ3) is 9.14. The van der Waals surface area contributed by atoms with E-state index in [2.05, 4.69) is 287 Å². The monoisotopic (exact) mass is 1220 g/mol. The van der Waals surface area contributed by atoms with E-state index in [0.717, 1.165) is 83.4 Å². The molecule has 0 fully saturated rings. The van der Waals surface area contributed by atoms with Gasteiger partial charge in [0.15, 0.2) is 0 Å². The van der Waals surface area contributed by atoms with Gasteiger partial charge in [0.25, 0.3) is 6.33 Å². The molecule has 1 unspecified atom stereocenters. The number of nitrogens with zero attached hydrogens (tertiary/aromatic N) is 5. The van der Waals surface area contributed by atoms with Crippen molar-refractivity contribution in [3.8, 4) is 56.6 Å². The molecular weight excluding hydrogens is 1160 g/mol. The first-order valence-electron chi connectivity index (χ1n) is 27.6. The number of imidazole rings is 1. The van der Waals surface area contributed by atoms with Crippen LogP contribution in [-0.2, 0) is 31.9 Å². The van der Waals surface area contributed by atoms with Gasteiger partial charge in [0.1, 0.15) is 5.82 Å². The number of para-hydroxylation sites is 6. The molecule has 1 atom stereocenters. The largest absolute Gasteiger partial charge is 0.510 e. The SMILES string of the molecule is CC(C)C(C)c1ccnc(-n2c3[c-]c(Oc4[c-]c(-n5[c-][n+](-c6c(-c7ccccc7)cccc6-c6cc(C(C)(C)C)cc(C(C)(C)C)c6)c6ccccc65)ccc4)cc(-n4c5ccccc5c5ccccc54)c3c3ccccc32)c1.[Pt]. The zero-order valence-corrected chi connectivity index (χ0v) is 49.0. The Labute approximate surface area is 483 Å². The number of fused-ring (bicyclic) bond motifs is 7. The van der Waals surface area contributed by atoms with Crippen molar-refractivity contribution in [3.63, 3.8) is 0 Å². The van der Waals surface area contributed by atoms with Crippen LogP contribution in [0.1, 0.15) is 84.9 Å². The topological polar surface area (TPSA) is 40.8 Å². The molecule has 0 radical (unpaired) electrons. The molecule has 0 aliphatic rings. The van der Waals surface area contributed by atoms with Gasteiger partial charge in [-0.3, -0.25) is 4.57 Å². The van der Waals surface area contributed by atoms with Crippen LogP contribution in [0.5, 0.6) is 11.5 Å². The summed E-state index contributed by atoms with van der Waals surface area (Å²) < 4.78 is 16.1. The van der Waals surface area contributed by atoms with Gasteiger partial charge in [-0.15, -0.1) is 24.3 Å². The summed E-state index contributed by atoms with van der Waals surface area (Å²) >= 11 is 0. The van der Waals surface area contributed by atoms with Crippen LogP contribution in [0.25, 0.3) is 99.8 Å². The molecule has 0 aliphatic heterocycles. The first-order valence-corrected chi connectivity index (χ1v) is 27.6. The van der Waals surface area contributed by atoms with Gasteiger partial charge in [-0.25, -0.2) is 4.98 Å². The summed E-state index contributed by atoms with van der Waals surface area (Å²) in [6, 6.07) is 79.3. The summed E-state index contributed by atoms with van der Waals surface area (Å²) in [4.78, 5) is 5.08. The summed E-state index contributed by atoms with van der Waals surface area (Å²) in [7, 11) is 0. The van der Waals surface area contributed by atoms with Gasteiger partial charge in [0.05, 0.1) is 27.8 Å². The van der Waals surface area contributed by atoms with Crippen molar-refractivity contribution >= 4 is 54.6 Å². The molecular formula is C73H63N5OPt-2. The minimum Gasteiger partial charge on any atom is -0.510 e. The second-order valence-electron chi connectivity index (χ2n) is 23.6. The van der Waals surface area contributed by atoms with Crippen LogP contribution < -0.4 is 9.30 Å². The minimum absolute atomic E-state index is 0. The average Bonchev–Trinajstić information content (AvgIpc) is 4.33. The van der Waals surface area contributed by atoms with Gasteiger partial charge in [-0.05, 0) is 109 Å². The summed E-state index contributed by atoms with van der Waals surface area (Å²) in [6.45, 7) is 20.7. The number of hydrogen-bond donors (Lipinski definition) is 0. The third-order valence-corrected chi connectivity index (χ3v) is 16.1. The summed E-state index contributed by atoms with van der Waals surface area (Å²) in [5, 5.41) is 4.53. The molecule has 13 rings (SSSR count). The molecule has 0 saturated heterocycles. The third-order valence-electron chi connectivity index (χ3n) is 16.1. The van der Waals surface area contributed by atoms with E-state index >= 15 is 0 Å². The molecule has 0 amide bonds. The van der Waals surface area contributed by atoms with Gasteiger partial charge in [0.2, 0.25) is 0 Å². The quantitative estimate of drug-likeness (QED) is 0.101. The zero-order chi connectivity index (χ0) is 54.3. The van der Waals surface area contributed by atoms with Gasteiger partial charge in [-0.2, -0.15) is 12.1 Å². The fraction of sp³-hybridized carbons (Fsp3) is 0.178. The average molecular weight is 1220 g/mol. The molecule has 0 N–H and O–H groups in total. The maximum Gasteiger partial charge on any atom is 0.268 e. The van der Waals surface area contributed by atoms with Crippen LogP contribution in [0.2, 0.25) is 0 Å². The molecule has 0 bridgehead atoms. The van der Waals surface area contributed by atoms with Crippen LogP contribution in [-0.4, -0.2) is 18.7 Å². The Balaban J connectivity index is 0.00000637. The van der Waals surface area contributed by atoms with E-state index in [-0.39, 0.29) is 31.9 Å². The van der Waals surface area contributed by atoms with Crippen molar-refractivity contribution in [1.82, 2.24) is 18.7 Å². The fourth-order valence-electron chi connectivity index (χ4n) is 11.5. The van der Waals surface area contributed by atoms with E-state index in [1.54, 1.807) is 0 Å². The van der Waals surface area contributed by atoms with Crippen LogP contribution in [0, 0.1) is 24.4 Å². The Morgan fingerprint density at radius 3 is 1.74 bits per heavy atom. The van der Waals surface area contributed by atoms with E-state index in [9.17, 15) is 0 Å². The molecule has 6 nitrogen and oxygen atoms in total. The Bertz CT molecular complexity index is 4400. The molecule has 9 aromatic carbocycles. The van der Waals surface area contributed by atoms with E-state index in [0.29, 0.717) is 23.3 Å². The zero-order valence-electron chi connectivity index (χ0n) is 46.7. The first kappa shape index (κ1) is 52.4. The second-order valence-corrected chi connectivity index (χ2v) is 23.6. The van der Waals surface area contributed by atoms with Crippen LogP contribution in [0.15, 0.2) is 206 Å². The van der Waals surface area contributed by atoms with E-state index in [1.807, 2.05) is 18.3 Å². The van der Waals surface area contributed by atoms with E-state index in [1.165, 1.54) is 33.0 Å². The minimum atomic E-state index is -0.0604. The van der Waals surface area contributed by atoms with Crippen LogP contribution >= 0.6 is 0 Å². The summed E-state index contributed by atoms with van der Waals surface area (Å²) in [5.41, 5.74) is 17.2. The van der Waals surface area contributed by atoms with Gasteiger partial charge < -0.3 is 18.4 Å². The Hall–Kier alpha value is -8.31. The van der Waals surface area contributed by atoms with Gasteiger partial charge >= 0.3 is 0 Å². The number of rotatable bonds is 10. The molecule has 398 valence electrons. The standard InChI is InChI=1S/C73H63N5O.Pt/c1-47(2)48(3)50-37-38-74-69(41-50)78-64-34-18-15-29-61(64)70-67(77-62-32-16-13-27-59(62)60-28-14-17-33-63(60)77)44-56(45-68(70)78)79-55-26-21-25-54(43-55)75-46-76(66-36-20-19-35-65(66)75)71-57(49-23-11-10-12-24-49)30-22-31-58(71)51-39-52(72(4,5)6)42-53(40-51)73(7,8)9;/h10-42,44,47-48H,1-9H3;/q-2;. The summed E-state index contributed by atoms with van der Waals surface area (Å²) in [6.07, 6.45) is 5.84. The number of ether oxygens (including phenoxy) is 1. The molecule has 0 spiro atoms. The van der Waals surface area contributed by atoms with E-state index < -0.39 is 0 Å². The van der Waals surface area contributed by atoms with Crippen molar-refractivity contribution < 1.29 is 30.4 Å². The normalized spacial score (nSPS) is 12.5. The first-order chi connectivity index (χ1) is 38.2. The molecule has 7 heteroatoms. The Morgan fingerprint density at radius 1 is 0.512 bits per heavy atom. The molecule has 0 saturated carbocycles. The van der Waals surface area contributed by atoms with Crippen molar-refractivity contribution in [2.75, 3.05) is 0 Å². The summed E-state index contributed by atoms with van der Waals surface area (Å²) in [5.74, 6) is 2.74.